The summed E-state index contributed by atoms with van der Waals surface area (Å²) in [5.41, 5.74) is -6.71. The summed E-state index contributed by atoms with van der Waals surface area (Å²) in [7, 11) is -5.73. The van der Waals surface area contributed by atoms with Gasteiger partial charge in [0.25, 0.3) is 15.5 Å². The summed E-state index contributed by atoms with van der Waals surface area (Å²) in [6.45, 7) is 0. The van der Waals surface area contributed by atoms with Gasteiger partial charge in [-0.25, -0.2) is 8.42 Å². The molecular weight excluding hydrogens is 331 g/mol. The Labute approximate surface area is 101 Å². The molecule has 10 heteroatoms. The molecule has 0 fully saturated rings. The first kappa shape index (κ1) is 13.9. The van der Waals surface area contributed by atoms with Crippen LogP contribution in [-0.4, -0.2) is 18.8 Å². The summed E-state index contributed by atoms with van der Waals surface area (Å²) in [5, 5.41) is 10.5. The number of nitro benzene ring substituents is 1. The second-order valence-corrected chi connectivity index (χ2v) is 5.64. The molecule has 1 aromatic carbocycles. The van der Waals surface area contributed by atoms with Gasteiger partial charge in [-0.1, -0.05) is 15.9 Å². The monoisotopic (exact) mass is 333 g/mol. The van der Waals surface area contributed by atoms with Gasteiger partial charge in [-0.05, 0) is 12.1 Å². The SMILES string of the molecule is O=[N+]([O-])c1cc(Br)ccc1S(=O)(=O)C(F)(F)F. The van der Waals surface area contributed by atoms with Crippen LogP contribution >= 0.6 is 15.9 Å². The van der Waals surface area contributed by atoms with Gasteiger partial charge in [-0.15, -0.1) is 0 Å². The number of nitrogens with zero attached hydrogens (tertiary/aromatic N) is 1. The molecule has 0 aliphatic rings. The lowest BCUT2D eigenvalue weighted by molar-refractivity contribution is -0.388. The van der Waals surface area contributed by atoms with Crippen LogP contribution in [0.2, 0.25) is 0 Å². The number of sulfone groups is 1. The van der Waals surface area contributed by atoms with Gasteiger partial charge < -0.3 is 0 Å². The van der Waals surface area contributed by atoms with Gasteiger partial charge in [0.15, 0.2) is 4.90 Å². The van der Waals surface area contributed by atoms with Crippen LogP contribution in [0.25, 0.3) is 0 Å². The molecule has 0 atom stereocenters. The van der Waals surface area contributed by atoms with E-state index in [4.69, 9.17) is 0 Å². The van der Waals surface area contributed by atoms with Crippen LogP contribution in [0.4, 0.5) is 18.9 Å². The molecule has 0 heterocycles. The Kier molecular flexibility index (Phi) is 3.48. The van der Waals surface area contributed by atoms with Gasteiger partial charge in [0.2, 0.25) is 0 Å². The van der Waals surface area contributed by atoms with Crippen molar-refractivity contribution in [3.8, 4) is 0 Å². The van der Waals surface area contributed by atoms with Crippen LogP contribution in [0.5, 0.6) is 0 Å². The number of hydrogen-bond acceptors (Lipinski definition) is 4. The second-order valence-electron chi connectivity index (χ2n) is 2.82. The van der Waals surface area contributed by atoms with E-state index < -0.39 is 30.9 Å². The number of alkyl halides is 3. The molecule has 1 rings (SSSR count). The quantitative estimate of drug-likeness (QED) is 0.615. The van der Waals surface area contributed by atoms with Crippen LogP contribution in [-0.2, 0) is 9.84 Å². The normalized spacial score (nSPS) is 12.5. The fourth-order valence-corrected chi connectivity index (χ4v) is 2.24. The molecule has 0 aliphatic carbocycles. The highest BCUT2D eigenvalue weighted by Gasteiger charge is 2.49. The van der Waals surface area contributed by atoms with Gasteiger partial charge in [0, 0.05) is 10.5 Å². The maximum atomic E-state index is 12.2. The van der Waals surface area contributed by atoms with Crippen LogP contribution in [0.1, 0.15) is 0 Å². The first-order valence-corrected chi connectivity index (χ1v) is 6.10. The van der Waals surface area contributed by atoms with Crippen LogP contribution in [0, 0.1) is 10.1 Å². The van der Waals surface area contributed by atoms with Crippen molar-refractivity contribution in [3.63, 3.8) is 0 Å². The summed E-state index contributed by atoms with van der Waals surface area (Å²) in [6.07, 6.45) is 0. The van der Waals surface area contributed by atoms with Crippen molar-refractivity contribution in [1.82, 2.24) is 0 Å². The molecule has 0 amide bonds. The van der Waals surface area contributed by atoms with E-state index >= 15 is 0 Å². The summed E-state index contributed by atoms with van der Waals surface area (Å²) in [5.74, 6) is 0. The smallest absolute Gasteiger partial charge is 0.258 e. The fraction of sp³-hybridized carbons (Fsp3) is 0.143. The number of hydrogen-bond donors (Lipinski definition) is 0. The van der Waals surface area contributed by atoms with Crippen molar-refractivity contribution < 1.29 is 26.5 Å². The molecule has 0 aliphatic heterocycles. The zero-order valence-corrected chi connectivity index (χ0v) is 10.1. The molecule has 5 nitrogen and oxygen atoms in total. The Morgan fingerprint density at radius 3 is 2.24 bits per heavy atom. The molecule has 0 bridgehead atoms. The van der Waals surface area contributed by atoms with E-state index in [1.807, 2.05) is 0 Å². The lowest BCUT2D eigenvalue weighted by atomic mass is 10.3. The Hall–Kier alpha value is -1.16. The third kappa shape index (κ3) is 2.57. The zero-order valence-electron chi connectivity index (χ0n) is 7.73. The molecule has 17 heavy (non-hydrogen) atoms. The van der Waals surface area contributed by atoms with Crippen molar-refractivity contribution in [3.05, 3.63) is 32.8 Å². The Bertz CT molecular complexity index is 569. The number of rotatable bonds is 2. The number of halogens is 4. The zero-order chi connectivity index (χ0) is 13.4. The molecule has 0 saturated heterocycles. The van der Waals surface area contributed by atoms with Crippen molar-refractivity contribution in [1.29, 1.82) is 0 Å². The minimum absolute atomic E-state index is 0.102. The predicted octanol–water partition coefficient (Wildman–Crippen LogP) is 2.65. The first-order valence-electron chi connectivity index (χ1n) is 3.82. The van der Waals surface area contributed by atoms with Crippen molar-refractivity contribution in [2.24, 2.45) is 0 Å². The average Bonchev–Trinajstić information content (AvgIpc) is 2.15. The largest absolute Gasteiger partial charge is 0.502 e. The van der Waals surface area contributed by atoms with Crippen LogP contribution < -0.4 is 0 Å². The van der Waals surface area contributed by atoms with Crippen LogP contribution in [0.15, 0.2) is 27.6 Å². The molecule has 0 saturated carbocycles. The van der Waals surface area contributed by atoms with Crippen molar-refractivity contribution in [2.75, 3.05) is 0 Å². The predicted molar refractivity (Wildman–Crippen MR) is 54.0 cm³/mol. The summed E-state index contributed by atoms with van der Waals surface area (Å²) in [4.78, 5) is 7.93. The number of benzene rings is 1. The summed E-state index contributed by atoms with van der Waals surface area (Å²) < 4.78 is 58.9. The first-order chi connectivity index (χ1) is 7.57. The van der Waals surface area contributed by atoms with Crippen molar-refractivity contribution in [2.45, 2.75) is 10.4 Å². The Morgan fingerprint density at radius 2 is 1.82 bits per heavy atom. The molecule has 0 spiro atoms. The average molecular weight is 334 g/mol. The standard InChI is InChI=1S/C7H3BrF3NO4S/c8-4-1-2-6(5(3-4)12(13)14)17(15,16)7(9,10)11/h1-3H. The molecule has 94 valence electrons. The van der Waals surface area contributed by atoms with Gasteiger partial charge >= 0.3 is 5.51 Å². The van der Waals surface area contributed by atoms with E-state index in [1.165, 1.54) is 0 Å². The van der Waals surface area contributed by atoms with Gasteiger partial charge in [-0.3, -0.25) is 10.1 Å². The Morgan fingerprint density at radius 1 is 1.29 bits per heavy atom. The van der Waals surface area contributed by atoms with Crippen LogP contribution in [0.3, 0.4) is 0 Å². The highest BCUT2D eigenvalue weighted by molar-refractivity contribution is 9.10. The summed E-state index contributed by atoms with van der Waals surface area (Å²) in [6, 6.07) is 2.20. The van der Waals surface area contributed by atoms with E-state index in [0.29, 0.717) is 12.1 Å². The molecule has 0 N–H and O–H groups in total. The van der Waals surface area contributed by atoms with Crippen molar-refractivity contribution >= 4 is 31.5 Å². The minimum atomic E-state index is -5.73. The molecular formula is C7H3BrF3NO4S. The second kappa shape index (κ2) is 4.26. The van der Waals surface area contributed by atoms with E-state index in [0.717, 1.165) is 6.07 Å². The maximum Gasteiger partial charge on any atom is 0.502 e. The van der Waals surface area contributed by atoms with Gasteiger partial charge in [0.05, 0.1) is 4.92 Å². The summed E-state index contributed by atoms with van der Waals surface area (Å²) >= 11 is 2.80. The highest BCUT2D eigenvalue weighted by atomic mass is 79.9. The number of nitro groups is 1. The fourth-order valence-electron chi connectivity index (χ4n) is 0.985. The van der Waals surface area contributed by atoms with E-state index in [-0.39, 0.29) is 4.47 Å². The Balaban J connectivity index is 3.59. The van der Waals surface area contributed by atoms with E-state index in [2.05, 4.69) is 15.9 Å². The lowest BCUT2D eigenvalue weighted by Gasteiger charge is -2.08. The minimum Gasteiger partial charge on any atom is -0.258 e. The third-order valence-electron chi connectivity index (χ3n) is 1.71. The highest BCUT2D eigenvalue weighted by Crippen LogP contribution is 2.36. The third-order valence-corrected chi connectivity index (χ3v) is 3.74. The molecule has 1 aromatic rings. The van der Waals surface area contributed by atoms with Gasteiger partial charge in [0.1, 0.15) is 0 Å². The van der Waals surface area contributed by atoms with Gasteiger partial charge in [-0.2, -0.15) is 13.2 Å². The molecule has 0 radical (unpaired) electrons. The lowest BCUT2D eigenvalue weighted by Crippen LogP contribution is -2.24. The molecule has 0 unspecified atom stereocenters. The van der Waals surface area contributed by atoms with E-state index in [1.54, 1.807) is 0 Å². The van der Waals surface area contributed by atoms with E-state index in [9.17, 15) is 31.7 Å². The molecule has 0 aromatic heterocycles. The topological polar surface area (TPSA) is 77.3 Å². The maximum absolute atomic E-state index is 12.2.